The van der Waals surface area contributed by atoms with Gasteiger partial charge in [0, 0.05) is 28.3 Å². The van der Waals surface area contributed by atoms with Crippen molar-refractivity contribution in [2.75, 3.05) is 0 Å². The third-order valence-corrected chi connectivity index (χ3v) is 3.63. The van der Waals surface area contributed by atoms with Crippen LogP contribution in [0.4, 0.5) is 5.69 Å². The van der Waals surface area contributed by atoms with Gasteiger partial charge >= 0.3 is 0 Å². The van der Waals surface area contributed by atoms with Crippen molar-refractivity contribution < 1.29 is 9.72 Å². The second-order valence-electron chi connectivity index (χ2n) is 3.90. The maximum atomic E-state index is 10.7. The zero-order valence-corrected chi connectivity index (χ0v) is 10.8. The maximum Gasteiger partial charge on any atom is 0.269 e. The van der Waals surface area contributed by atoms with Gasteiger partial charge in [0.25, 0.3) is 5.69 Å². The molecule has 2 rings (SSSR count). The lowest BCUT2D eigenvalue weighted by Gasteiger charge is -2.02. The summed E-state index contributed by atoms with van der Waals surface area (Å²) in [4.78, 5) is 21.8. The van der Waals surface area contributed by atoms with E-state index in [0.29, 0.717) is 11.3 Å². The standard InChI is InChI=1S/C14H11NO3S/c16-9-11-4-6-14(7-5-11)19-10-12-2-1-3-13(8-12)15(17)18/h1-9H,10H2. The number of hydrogen-bond donors (Lipinski definition) is 0. The van der Waals surface area contributed by atoms with Crippen molar-refractivity contribution in [3.63, 3.8) is 0 Å². The first-order valence-electron chi connectivity index (χ1n) is 5.60. The molecule has 0 N–H and O–H groups in total. The smallest absolute Gasteiger partial charge is 0.269 e. The third-order valence-electron chi connectivity index (χ3n) is 2.54. The summed E-state index contributed by atoms with van der Waals surface area (Å²) in [7, 11) is 0. The molecule has 0 heterocycles. The highest BCUT2D eigenvalue weighted by Crippen LogP contribution is 2.24. The fraction of sp³-hybridized carbons (Fsp3) is 0.0714. The van der Waals surface area contributed by atoms with E-state index in [2.05, 4.69) is 0 Å². The lowest BCUT2D eigenvalue weighted by molar-refractivity contribution is -0.384. The average Bonchev–Trinajstić information content (AvgIpc) is 2.46. The van der Waals surface area contributed by atoms with Crippen molar-refractivity contribution >= 4 is 23.7 Å². The molecule has 4 nitrogen and oxygen atoms in total. The second-order valence-corrected chi connectivity index (χ2v) is 4.95. The van der Waals surface area contributed by atoms with E-state index in [1.165, 1.54) is 6.07 Å². The van der Waals surface area contributed by atoms with Gasteiger partial charge in [-0.3, -0.25) is 14.9 Å². The minimum atomic E-state index is -0.396. The number of benzene rings is 2. The van der Waals surface area contributed by atoms with E-state index in [1.807, 2.05) is 18.2 Å². The summed E-state index contributed by atoms with van der Waals surface area (Å²) in [5.41, 5.74) is 1.65. The number of hydrogen-bond acceptors (Lipinski definition) is 4. The number of thioether (sulfide) groups is 1. The number of aldehydes is 1. The SMILES string of the molecule is O=Cc1ccc(SCc2cccc([N+](=O)[O-])c2)cc1. The van der Waals surface area contributed by atoms with Crippen molar-refractivity contribution in [1.29, 1.82) is 0 Å². The van der Waals surface area contributed by atoms with Crippen molar-refractivity contribution in [3.8, 4) is 0 Å². The lowest BCUT2D eigenvalue weighted by Crippen LogP contribution is -1.89. The van der Waals surface area contributed by atoms with E-state index in [1.54, 1.807) is 36.0 Å². The fourth-order valence-electron chi connectivity index (χ4n) is 1.57. The van der Waals surface area contributed by atoms with Gasteiger partial charge in [-0.15, -0.1) is 11.8 Å². The molecule has 2 aromatic carbocycles. The summed E-state index contributed by atoms with van der Waals surface area (Å²) in [5.74, 6) is 0.655. The molecule has 0 fully saturated rings. The van der Waals surface area contributed by atoms with Crippen LogP contribution in [0, 0.1) is 10.1 Å². The van der Waals surface area contributed by atoms with Crippen LogP contribution in [0.1, 0.15) is 15.9 Å². The topological polar surface area (TPSA) is 60.2 Å². The Hall–Kier alpha value is -2.14. The molecule has 19 heavy (non-hydrogen) atoms. The Morgan fingerprint density at radius 2 is 1.89 bits per heavy atom. The van der Waals surface area contributed by atoms with E-state index in [9.17, 15) is 14.9 Å². The van der Waals surface area contributed by atoms with Crippen LogP contribution in [0.5, 0.6) is 0 Å². The summed E-state index contributed by atoms with van der Waals surface area (Å²) in [6.45, 7) is 0. The van der Waals surface area contributed by atoms with Gasteiger partial charge in [0.15, 0.2) is 0 Å². The van der Waals surface area contributed by atoms with Gasteiger partial charge in [0.1, 0.15) is 6.29 Å². The first-order valence-corrected chi connectivity index (χ1v) is 6.59. The molecular formula is C14H11NO3S. The highest BCUT2D eigenvalue weighted by Gasteiger charge is 2.05. The number of nitrogens with zero attached hydrogens (tertiary/aromatic N) is 1. The molecule has 0 aliphatic heterocycles. The molecule has 2 aromatic rings. The van der Waals surface area contributed by atoms with Crippen molar-refractivity contribution in [1.82, 2.24) is 0 Å². The molecule has 0 bridgehead atoms. The Morgan fingerprint density at radius 1 is 1.16 bits per heavy atom. The minimum absolute atomic E-state index is 0.106. The summed E-state index contributed by atoms with van der Waals surface area (Å²) < 4.78 is 0. The Kier molecular flexibility index (Phi) is 4.30. The zero-order chi connectivity index (χ0) is 13.7. The van der Waals surface area contributed by atoms with Crippen molar-refractivity contribution in [3.05, 3.63) is 69.8 Å². The number of non-ortho nitro benzene ring substituents is 1. The number of carbonyl (C=O) groups is 1. The lowest BCUT2D eigenvalue weighted by atomic mass is 10.2. The van der Waals surface area contributed by atoms with E-state index in [-0.39, 0.29) is 5.69 Å². The van der Waals surface area contributed by atoms with Crippen LogP contribution >= 0.6 is 11.8 Å². The summed E-state index contributed by atoms with van der Waals surface area (Å²) in [6, 6.07) is 13.8. The number of rotatable bonds is 5. The van der Waals surface area contributed by atoms with Crippen LogP contribution in [0.15, 0.2) is 53.4 Å². The predicted molar refractivity (Wildman–Crippen MR) is 74.5 cm³/mol. The van der Waals surface area contributed by atoms with Crippen molar-refractivity contribution in [2.45, 2.75) is 10.6 Å². The molecule has 0 saturated carbocycles. The molecule has 0 aliphatic rings. The maximum absolute atomic E-state index is 10.7. The highest BCUT2D eigenvalue weighted by atomic mass is 32.2. The molecular weight excluding hydrogens is 262 g/mol. The average molecular weight is 273 g/mol. The van der Waals surface area contributed by atoms with Gasteiger partial charge < -0.3 is 0 Å². The fourth-order valence-corrected chi connectivity index (χ4v) is 2.41. The summed E-state index contributed by atoms with van der Waals surface area (Å²) in [5, 5.41) is 10.7. The van der Waals surface area contributed by atoms with Crippen LogP contribution in [0.3, 0.4) is 0 Å². The number of nitro benzene ring substituents is 1. The van der Waals surface area contributed by atoms with Crippen LogP contribution < -0.4 is 0 Å². The largest absolute Gasteiger partial charge is 0.298 e. The van der Waals surface area contributed by atoms with Gasteiger partial charge in [-0.25, -0.2) is 0 Å². The van der Waals surface area contributed by atoms with E-state index in [4.69, 9.17) is 0 Å². The van der Waals surface area contributed by atoms with Crippen LogP contribution in [0.25, 0.3) is 0 Å². The van der Waals surface area contributed by atoms with Crippen molar-refractivity contribution in [2.24, 2.45) is 0 Å². The molecule has 0 aliphatic carbocycles. The Bertz CT molecular complexity index is 596. The molecule has 0 aromatic heterocycles. The molecule has 0 unspecified atom stereocenters. The van der Waals surface area contributed by atoms with E-state index >= 15 is 0 Å². The Labute approximate surface area is 114 Å². The molecule has 0 radical (unpaired) electrons. The molecule has 0 saturated heterocycles. The van der Waals surface area contributed by atoms with Crippen LogP contribution in [-0.2, 0) is 5.75 Å². The third kappa shape index (κ3) is 3.66. The van der Waals surface area contributed by atoms with E-state index in [0.717, 1.165) is 16.7 Å². The monoisotopic (exact) mass is 273 g/mol. The first kappa shape index (κ1) is 13.3. The first-order chi connectivity index (χ1) is 9.19. The Balaban J connectivity index is 2.03. The summed E-state index contributed by atoms with van der Waals surface area (Å²) in [6.07, 6.45) is 0.801. The van der Waals surface area contributed by atoms with Crippen LogP contribution in [-0.4, -0.2) is 11.2 Å². The normalized spacial score (nSPS) is 10.1. The zero-order valence-electron chi connectivity index (χ0n) is 9.98. The van der Waals surface area contributed by atoms with Gasteiger partial charge in [-0.2, -0.15) is 0 Å². The van der Waals surface area contributed by atoms with Crippen LogP contribution in [0.2, 0.25) is 0 Å². The summed E-state index contributed by atoms with van der Waals surface area (Å²) >= 11 is 1.57. The number of carbonyl (C=O) groups excluding carboxylic acids is 1. The van der Waals surface area contributed by atoms with E-state index < -0.39 is 4.92 Å². The quantitative estimate of drug-likeness (QED) is 0.361. The highest BCUT2D eigenvalue weighted by molar-refractivity contribution is 7.98. The van der Waals surface area contributed by atoms with Gasteiger partial charge in [0.2, 0.25) is 0 Å². The van der Waals surface area contributed by atoms with Gasteiger partial charge in [-0.1, -0.05) is 24.3 Å². The second kappa shape index (κ2) is 6.15. The molecule has 5 heteroatoms. The minimum Gasteiger partial charge on any atom is -0.298 e. The number of nitro groups is 1. The van der Waals surface area contributed by atoms with Gasteiger partial charge in [-0.05, 0) is 17.7 Å². The Morgan fingerprint density at radius 3 is 2.53 bits per heavy atom. The molecule has 96 valence electrons. The molecule has 0 spiro atoms. The molecule has 0 amide bonds. The molecule has 0 atom stereocenters. The van der Waals surface area contributed by atoms with Gasteiger partial charge in [0.05, 0.1) is 4.92 Å². The predicted octanol–water partition coefficient (Wildman–Crippen LogP) is 3.70.